The summed E-state index contributed by atoms with van der Waals surface area (Å²) in [6, 6.07) is 2.19. The zero-order valence-corrected chi connectivity index (χ0v) is 10.5. The molecule has 0 atom stereocenters. The Labute approximate surface area is 95.4 Å². The summed E-state index contributed by atoms with van der Waals surface area (Å²) in [5.74, 6) is 0. The third kappa shape index (κ3) is 1.45. The number of nitrogens with two attached hydrogens (primary N) is 1. The summed E-state index contributed by atoms with van der Waals surface area (Å²) in [7, 11) is 0. The van der Waals surface area contributed by atoms with E-state index in [9.17, 15) is 0 Å². The second-order valence-electron chi connectivity index (χ2n) is 5.10. The predicted octanol–water partition coefficient (Wildman–Crippen LogP) is 2.31. The maximum Gasteiger partial charge on any atom is 0.0599 e. The Balaban J connectivity index is 2.43. The van der Waals surface area contributed by atoms with Gasteiger partial charge in [0.05, 0.1) is 18.6 Å². The molecule has 1 aromatic rings. The van der Waals surface area contributed by atoms with Crippen molar-refractivity contribution in [3.63, 3.8) is 0 Å². The van der Waals surface area contributed by atoms with Gasteiger partial charge >= 0.3 is 0 Å². The van der Waals surface area contributed by atoms with E-state index in [1.54, 1.807) is 0 Å². The first-order chi connectivity index (χ1) is 7.03. The van der Waals surface area contributed by atoms with Gasteiger partial charge in [-0.15, -0.1) is 11.3 Å². The van der Waals surface area contributed by atoms with Gasteiger partial charge in [0.2, 0.25) is 0 Å². The highest BCUT2D eigenvalue weighted by Crippen LogP contribution is 2.49. The fourth-order valence-electron chi connectivity index (χ4n) is 2.19. The van der Waals surface area contributed by atoms with E-state index in [0.717, 1.165) is 13.2 Å². The van der Waals surface area contributed by atoms with Crippen molar-refractivity contribution in [2.75, 3.05) is 19.8 Å². The predicted molar refractivity (Wildman–Crippen MR) is 64.4 cm³/mol. The highest BCUT2D eigenvalue weighted by atomic mass is 32.1. The molecule has 0 unspecified atom stereocenters. The van der Waals surface area contributed by atoms with Gasteiger partial charge in [0.15, 0.2) is 0 Å². The summed E-state index contributed by atoms with van der Waals surface area (Å²) >= 11 is 1.84. The van der Waals surface area contributed by atoms with Gasteiger partial charge in [-0.25, -0.2) is 0 Å². The topological polar surface area (TPSA) is 35.2 Å². The summed E-state index contributed by atoms with van der Waals surface area (Å²) in [5, 5.41) is 2.16. The van der Waals surface area contributed by atoms with Gasteiger partial charge in [-0.3, -0.25) is 0 Å². The zero-order chi connectivity index (χ0) is 11.1. The Morgan fingerprint density at radius 2 is 2.20 bits per heavy atom. The average Bonchev–Trinajstić information content (AvgIpc) is 2.50. The van der Waals surface area contributed by atoms with Crippen molar-refractivity contribution in [2.24, 2.45) is 11.1 Å². The summed E-state index contributed by atoms with van der Waals surface area (Å²) in [5.41, 5.74) is 7.55. The number of ether oxygens (including phenoxy) is 1. The molecule has 2 heterocycles. The van der Waals surface area contributed by atoms with Crippen LogP contribution in [-0.2, 0) is 10.2 Å². The molecule has 84 valence electrons. The largest absolute Gasteiger partial charge is 0.379 e. The minimum Gasteiger partial charge on any atom is -0.379 e. The van der Waals surface area contributed by atoms with Crippen molar-refractivity contribution in [2.45, 2.75) is 26.2 Å². The molecule has 1 saturated heterocycles. The summed E-state index contributed by atoms with van der Waals surface area (Å²) < 4.78 is 5.46. The molecule has 2 nitrogen and oxygen atoms in total. The monoisotopic (exact) mass is 225 g/mol. The van der Waals surface area contributed by atoms with Crippen molar-refractivity contribution in [1.29, 1.82) is 0 Å². The fraction of sp³-hybridized carbons (Fsp3) is 0.667. The molecule has 0 bridgehead atoms. The lowest BCUT2D eigenvalue weighted by atomic mass is 9.62. The van der Waals surface area contributed by atoms with Gasteiger partial charge < -0.3 is 10.5 Å². The lowest BCUT2D eigenvalue weighted by molar-refractivity contribution is -0.114. The van der Waals surface area contributed by atoms with Crippen molar-refractivity contribution in [3.8, 4) is 0 Å². The van der Waals surface area contributed by atoms with Gasteiger partial charge in [0.25, 0.3) is 0 Å². The van der Waals surface area contributed by atoms with Gasteiger partial charge in [-0.2, -0.15) is 0 Å². The van der Waals surface area contributed by atoms with E-state index in [2.05, 4.69) is 32.2 Å². The molecule has 3 heteroatoms. The van der Waals surface area contributed by atoms with Gasteiger partial charge in [-0.05, 0) is 35.9 Å². The van der Waals surface area contributed by atoms with Crippen LogP contribution in [-0.4, -0.2) is 19.8 Å². The Morgan fingerprint density at radius 3 is 2.53 bits per heavy atom. The molecular weight excluding hydrogens is 206 g/mol. The first-order valence-corrected chi connectivity index (χ1v) is 6.24. The standard InChI is InChI=1S/C12H19NOS/c1-9-4-5-15-10(9)12(7-14-8-12)11(2,3)6-13/h4-5H,6-8,13H2,1-3H3. The van der Waals surface area contributed by atoms with Crippen LogP contribution >= 0.6 is 11.3 Å². The van der Waals surface area contributed by atoms with Crippen LogP contribution in [0.4, 0.5) is 0 Å². The highest BCUT2D eigenvalue weighted by Gasteiger charge is 2.52. The zero-order valence-electron chi connectivity index (χ0n) is 9.67. The Kier molecular flexibility index (Phi) is 2.65. The van der Waals surface area contributed by atoms with Crippen LogP contribution in [0.5, 0.6) is 0 Å². The molecule has 15 heavy (non-hydrogen) atoms. The lowest BCUT2D eigenvalue weighted by Gasteiger charge is -2.52. The molecule has 1 aliphatic rings. The Hall–Kier alpha value is -0.380. The molecule has 2 N–H and O–H groups in total. The van der Waals surface area contributed by atoms with Crippen LogP contribution in [0.15, 0.2) is 11.4 Å². The van der Waals surface area contributed by atoms with Crippen LogP contribution in [0.2, 0.25) is 0 Å². The SMILES string of the molecule is Cc1ccsc1C1(C(C)(C)CN)COC1. The second kappa shape index (κ2) is 3.58. The maximum atomic E-state index is 5.91. The van der Waals surface area contributed by atoms with Gasteiger partial charge in [0, 0.05) is 4.88 Å². The first kappa shape index (κ1) is 11.1. The average molecular weight is 225 g/mol. The third-order valence-electron chi connectivity index (χ3n) is 3.80. The van der Waals surface area contributed by atoms with Gasteiger partial charge in [0.1, 0.15) is 0 Å². The van der Waals surface area contributed by atoms with E-state index in [1.165, 1.54) is 10.4 Å². The summed E-state index contributed by atoms with van der Waals surface area (Å²) in [6.07, 6.45) is 0. The highest BCUT2D eigenvalue weighted by molar-refractivity contribution is 7.10. The van der Waals surface area contributed by atoms with E-state index >= 15 is 0 Å². The number of rotatable bonds is 3. The van der Waals surface area contributed by atoms with Crippen molar-refractivity contribution >= 4 is 11.3 Å². The molecule has 1 fully saturated rings. The number of hydrogen-bond acceptors (Lipinski definition) is 3. The molecule has 0 radical (unpaired) electrons. The molecule has 1 aliphatic heterocycles. The van der Waals surface area contributed by atoms with Crippen molar-refractivity contribution < 1.29 is 4.74 Å². The molecule has 0 aliphatic carbocycles. The quantitative estimate of drug-likeness (QED) is 0.856. The van der Waals surface area contributed by atoms with Crippen LogP contribution in [0.1, 0.15) is 24.3 Å². The molecule has 0 aromatic carbocycles. The number of hydrogen-bond donors (Lipinski definition) is 1. The summed E-state index contributed by atoms with van der Waals surface area (Å²) in [4.78, 5) is 1.46. The Bertz CT molecular complexity index is 352. The minimum atomic E-state index is 0.112. The fourth-order valence-corrected chi connectivity index (χ4v) is 3.48. The number of aryl methyl sites for hydroxylation is 1. The normalized spacial score (nSPS) is 20.0. The molecule has 0 spiro atoms. The Morgan fingerprint density at radius 1 is 1.53 bits per heavy atom. The molecule has 0 amide bonds. The lowest BCUT2D eigenvalue weighted by Crippen LogP contribution is -2.59. The minimum absolute atomic E-state index is 0.112. The van der Waals surface area contributed by atoms with E-state index < -0.39 is 0 Å². The van der Waals surface area contributed by atoms with E-state index in [1.807, 2.05) is 11.3 Å². The van der Waals surface area contributed by atoms with Crippen LogP contribution < -0.4 is 5.73 Å². The molecule has 2 rings (SSSR count). The van der Waals surface area contributed by atoms with E-state index in [4.69, 9.17) is 10.5 Å². The number of thiophene rings is 1. The van der Waals surface area contributed by atoms with Gasteiger partial charge in [-0.1, -0.05) is 13.8 Å². The summed E-state index contributed by atoms with van der Waals surface area (Å²) in [6.45, 7) is 9.01. The first-order valence-electron chi connectivity index (χ1n) is 5.36. The van der Waals surface area contributed by atoms with Crippen molar-refractivity contribution in [1.82, 2.24) is 0 Å². The maximum absolute atomic E-state index is 5.91. The molecule has 0 saturated carbocycles. The molecular formula is C12H19NOS. The second-order valence-corrected chi connectivity index (χ2v) is 6.01. The smallest absolute Gasteiger partial charge is 0.0599 e. The van der Waals surface area contributed by atoms with Crippen molar-refractivity contribution in [3.05, 3.63) is 21.9 Å². The van der Waals surface area contributed by atoms with E-state index in [-0.39, 0.29) is 10.8 Å². The third-order valence-corrected chi connectivity index (χ3v) is 5.02. The van der Waals surface area contributed by atoms with Crippen LogP contribution in [0.25, 0.3) is 0 Å². The molecule has 1 aromatic heterocycles. The van der Waals surface area contributed by atoms with E-state index in [0.29, 0.717) is 6.54 Å². The van der Waals surface area contributed by atoms with Crippen LogP contribution in [0, 0.1) is 12.3 Å². The van der Waals surface area contributed by atoms with Crippen LogP contribution in [0.3, 0.4) is 0 Å².